The van der Waals surface area contributed by atoms with E-state index in [1.807, 2.05) is 34.6 Å². The number of hydrogen-bond donors (Lipinski definition) is 12. The van der Waals surface area contributed by atoms with Crippen LogP contribution < -0.4 is 0 Å². The number of aliphatic hydroxyl groups excluding tert-OH is 11. The van der Waals surface area contributed by atoms with Gasteiger partial charge in [0.15, 0.2) is 31.1 Å². The zero-order chi connectivity index (χ0) is 59.3. The van der Waals surface area contributed by atoms with Crippen molar-refractivity contribution in [1.82, 2.24) is 0 Å². The Morgan fingerprint density at radius 3 is 1.71 bits per heavy atom. The van der Waals surface area contributed by atoms with Gasteiger partial charge < -0.3 is 99.2 Å². The highest BCUT2D eigenvalue weighted by molar-refractivity contribution is 5.89. The number of carboxylic acid groups (broad SMARTS) is 1. The van der Waals surface area contributed by atoms with Gasteiger partial charge in [0.1, 0.15) is 67.1 Å². The molecule has 23 nitrogen and oxygen atoms in total. The van der Waals surface area contributed by atoms with Crippen LogP contribution in [0, 0.1) is 50.2 Å². The molecule has 0 radical (unpaired) electrons. The first kappa shape index (κ1) is 63.0. The number of hydrogen-bond acceptors (Lipinski definition) is 22. The molecule has 3 saturated heterocycles. The van der Waals surface area contributed by atoms with Gasteiger partial charge in [0, 0.05) is 22.0 Å². The molecule has 7 fully saturated rings. The smallest absolute Gasteiger partial charge is 0.335 e. The third kappa shape index (κ3) is 9.76. The minimum absolute atomic E-state index is 0.153. The molecule has 12 N–H and O–H groups in total. The third-order valence-electron chi connectivity index (χ3n) is 21.4. The fraction of sp³-hybridized carbons (Fsp3) is 0.842. The van der Waals surface area contributed by atoms with Crippen molar-refractivity contribution < 1.29 is 114 Å². The van der Waals surface area contributed by atoms with Crippen LogP contribution in [0.5, 0.6) is 0 Å². The van der Waals surface area contributed by atoms with E-state index in [9.17, 15) is 75.7 Å². The van der Waals surface area contributed by atoms with Crippen molar-refractivity contribution in [1.29, 1.82) is 0 Å². The Labute approximate surface area is 466 Å². The summed E-state index contributed by atoms with van der Waals surface area (Å²) in [5, 5.41) is 134. The van der Waals surface area contributed by atoms with Crippen LogP contribution >= 0.6 is 0 Å². The summed E-state index contributed by atoms with van der Waals surface area (Å²) in [4.78, 5) is 40.3. The topological polar surface area (TPSA) is 368 Å². The number of ether oxygens (including phenoxy) is 8. The van der Waals surface area contributed by atoms with Crippen molar-refractivity contribution in [2.75, 3.05) is 19.8 Å². The first-order valence-corrected chi connectivity index (χ1v) is 28.1. The van der Waals surface area contributed by atoms with Gasteiger partial charge in [-0.2, -0.15) is 0 Å². The van der Waals surface area contributed by atoms with Gasteiger partial charge in [-0.15, -0.1) is 0 Å². The van der Waals surface area contributed by atoms with E-state index in [-0.39, 0.29) is 23.8 Å². The number of aliphatic hydroxyl groups is 11. The summed E-state index contributed by atoms with van der Waals surface area (Å²) in [6.07, 6.45) is -24.0. The second-order valence-corrected chi connectivity index (χ2v) is 26.0. The molecule has 0 amide bonds. The number of rotatable bonds is 14. The minimum atomic E-state index is -2.13. The first-order chi connectivity index (χ1) is 37.3. The molecule has 0 aromatic heterocycles. The number of carboxylic acids is 1. The SMILES string of the molecule is CC=C(C)C(=O)O[C@H]1[C@H](OC(=O)C(C)=CC)[C@@]2(CO)C(CC1(C)C)C1=CCC3[C@@]4(C)CC[C@H](O[C@@H]5OC(C(=O)O)[C@@H](O)[C@@H](O[C@@H]6O[C@@H](CO)[C@@H](O)C6O)C5O[C@@H]5OC(CO)[C@H](O)[C@@H](O)C5O)C(C)(C)C4CC[C@@]3(C)[C@@]1(C)[C@@H](O)[C@H]2O. The molecule has 3 heterocycles. The predicted molar refractivity (Wildman–Crippen MR) is 277 cm³/mol. The molecule has 8 unspecified atom stereocenters. The molecule has 4 saturated carbocycles. The number of esters is 2. The van der Waals surface area contributed by atoms with Gasteiger partial charge in [0.2, 0.25) is 0 Å². The lowest BCUT2D eigenvalue weighted by Crippen LogP contribution is -2.76. The summed E-state index contributed by atoms with van der Waals surface area (Å²) in [5.74, 6) is -4.01. The van der Waals surface area contributed by atoms with Gasteiger partial charge in [-0.05, 0) is 100 Å². The summed E-state index contributed by atoms with van der Waals surface area (Å²) in [5.41, 5.74) is -4.40. The van der Waals surface area contributed by atoms with Gasteiger partial charge in [0.05, 0.1) is 43.5 Å². The van der Waals surface area contributed by atoms with E-state index in [1.54, 1.807) is 39.8 Å². The molecule has 0 aromatic rings. The number of carbonyl (C=O) groups is 3. The van der Waals surface area contributed by atoms with E-state index in [2.05, 4.69) is 19.9 Å². The molecule has 26 atom stereocenters. The lowest BCUT2D eigenvalue weighted by atomic mass is 9.32. The maximum absolute atomic E-state index is 13.9. The predicted octanol–water partition coefficient (Wildman–Crippen LogP) is 0.263. The maximum atomic E-state index is 13.9. The van der Waals surface area contributed by atoms with Crippen molar-refractivity contribution >= 4 is 17.9 Å². The van der Waals surface area contributed by atoms with Crippen LogP contribution in [0.2, 0.25) is 0 Å². The molecule has 80 heavy (non-hydrogen) atoms. The quantitative estimate of drug-likeness (QED) is 0.0480. The summed E-state index contributed by atoms with van der Waals surface area (Å²) in [6, 6.07) is 0. The van der Waals surface area contributed by atoms with Gasteiger partial charge in [-0.3, -0.25) is 0 Å². The number of fused-ring (bicyclic) bond motifs is 7. The van der Waals surface area contributed by atoms with Crippen LogP contribution in [0.1, 0.15) is 115 Å². The first-order valence-electron chi connectivity index (χ1n) is 28.1. The summed E-state index contributed by atoms with van der Waals surface area (Å²) in [7, 11) is 0. The summed E-state index contributed by atoms with van der Waals surface area (Å²) >= 11 is 0. The Hall–Kier alpha value is -3.05. The molecule has 0 spiro atoms. The van der Waals surface area contributed by atoms with Crippen molar-refractivity contribution in [3.05, 3.63) is 34.9 Å². The standard InChI is InChI=1S/C57H88O23/c1-12-24(3)47(71)79-44-45(80-48(72)25(4)13-2)57(23-60)27(20-52(44,5)6)26-14-15-31-54(9)18-17-32(53(7,8)30(54)16-19-55(31,10)56(26,11)42(67)43(57)68)75-51-41(78-50-37(65)35(63)33(61)28(21-58)73-50)39(38(66)40(77-51)46(69)70)76-49-36(64)34(62)29(22-59)74-49/h12-14,27-45,49-51,58-68H,15-23H2,1-11H3,(H,69,70)/t27?,28?,29-,30?,31?,32-,33-,34+,35+,36?,37?,38-,39+,40?,41?,42-,43+,44-,45-,49-,50-,51+,54-,55+,56+,57-/m0/s1. The summed E-state index contributed by atoms with van der Waals surface area (Å²) in [6.45, 7) is 18.4. The molecular weight excluding hydrogens is 1050 g/mol. The third-order valence-corrected chi connectivity index (χ3v) is 21.4. The fourth-order valence-corrected chi connectivity index (χ4v) is 16.2. The molecule has 3 aliphatic heterocycles. The molecule has 8 aliphatic rings. The van der Waals surface area contributed by atoms with Crippen LogP contribution in [0.15, 0.2) is 34.9 Å². The van der Waals surface area contributed by atoms with E-state index in [1.165, 1.54) is 0 Å². The van der Waals surface area contributed by atoms with E-state index in [0.29, 0.717) is 37.7 Å². The van der Waals surface area contributed by atoms with Crippen molar-refractivity contribution in [3.63, 3.8) is 0 Å². The largest absolute Gasteiger partial charge is 0.479 e. The van der Waals surface area contributed by atoms with Crippen molar-refractivity contribution in [2.45, 2.75) is 231 Å². The van der Waals surface area contributed by atoms with Crippen LogP contribution in [-0.4, -0.2) is 216 Å². The number of carbonyl (C=O) groups excluding carboxylic acids is 2. The van der Waals surface area contributed by atoms with E-state index in [0.717, 1.165) is 5.57 Å². The van der Waals surface area contributed by atoms with Crippen LogP contribution in [-0.2, 0) is 52.3 Å². The maximum Gasteiger partial charge on any atom is 0.335 e. The highest BCUT2D eigenvalue weighted by Crippen LogP contribution is 2.76. The van der Waals surface area contributed by atoms with Gasteiger partial charge in [0.25, 0.3) is 0 Å². The lowest BCUT2D eigenvalue weighted by Gasteiger charge is -2.73. The van der Waals surface area contributed by atoms with Gasteiger partial charge >= 0.3 is 17.9 Å². The van der Waals surface area contributed by atoms with Gasteiger partial charge in [-0.1, -0.05) is 72.3 Å². The molecule has 8 rings (SSSR count). The average Bonchev–Trinajstić information content (AvgIpc) is 3.72. The monoisotopic (exact) mass is 1140 g/mol. The molecular formula is C57H88O23. The highest BCUT2D eigenvalue weighted by atomic mass is 16.8. The molecule has 23 heteroatoms. The molecule has 0 aromatic carbocycles. The second-order valence-electron chi connectivity index (χ2n) is 26.0. The Kier molecular flexibility index (Phi) is 17.9. The van der Waals surface area contributed by atoms with E-state index < -0.39 is 193 Å². The average molecular weight is 1140 g/mol. The zero-order valence-corrected chi connectivity index (χ0v) is 47.7. The lowest BCUT2D eigenvalue weighted by molar-refractivity contribution is -0.386. The second kappa shape index (κ2) is 22.7. The van der Waals surface area contributed by atoms with E-state index in [4.69, 9.17) is 37.9 Å². The van der Waals surface area contributed by atoms with Crippen LogP contribution in [0.4, 0.5) is 0 Å². The number of allylic oxidation sites excluding steroid dienone is 3. The highest BCUT2D eigenvalue weighted by Gasteiger charge is 2.76. The van der Waals surface area contributed by atoms with Crippen molar-refractivity contribution in [3.8, 4) is 0 Å². The van der Waals surface area contributed by atoms with Crippen LogP contribution in [0.3, 0.4) is 0 Å². The minimum Gasteiger partial charge on any atom is -0.479 e. The van der Waals surface area contributed by atoms with Gasteiger partial charge in [-0.25, -0.2) is 14.4 Å². The summed E-state index contributed by atoms with van der Waals surface area (Å²) < 4.78 is 49.0. The Morgan fingerprint density at radius 1 is 0.637 bits per heavy atom. The van der Waals surface area contributed by atoms with Crippen molar-refractivity contribution in [2.24, 2.45) is 50.2 Å². The molecule has 454 valence electrons. The zero-order valence-electron chi connectivity index (χ0n) is 47.7. The molecule has 0 bridgehead atoms. The Bertz CT molecular complexity index is 2390. The molecule has 5 aliphatic carbocycles. The van der Waals surface area contributed by atoms with E-state index >= 15 is 0 Å². The normalized spacial score (nSPS) is 49.0. The number of aliphatic carboxylic acids is 1. The fourth-order valence-electron chi connectivity index (χ4n) is 16.2. The Morgan fingerprint density at radius 2 is 1.18 bits per heavy atom. The Balaban J connectivity index is 1.14. The van der Waals surface area contributed by atoms with Crippen LogP contribution in [0.25, 0.3) is 0 Å².